The molecule has 312 valence electrons. The van der Waals surface area contributed by atoms with E-state index in [9.17, 15) is 0 Å². The summed E-state index contributed by atoms with van der Waals surface area (Å²) in [6.45, 7) is 16.6. The Kier molecular flexibility index (Phi) is 9.94. The van der Waals surface area contributed by atoms with Gasteiger partial charge in [0.2, 0.25) is 0 Å². The van der Waals surface area contributed by atoms with E-state index in [0.29, 0.717) is 12.6 Å². The van der Waals surface area contributed by atoms with Crippen molar-refractivity contribution in [2.75, 3.05) is 16.5 Å². The van der Waals surface area contributed by atoms with Crippen LogP contribution in [-0.2, 0) is 10.8 Å². The van der Waals surface area contributed by atoms with Crippen LogP contribution in [0.15, 0.2) is 182 Å². The maximum absolute atomic E-state index is 7.05. The summed E-state index contributed by atoms with van der Waals surface area (Å²) in [5.41, 5.74) is 14.0. The molecule has 0 N–H and O–H groups in total. The van der Waals surface area contributed by atoms with Gasteiger partial charge in [0.05, 0.1) is 22.4 Å². The molecule has 0 fully saturated rings. The van der Waals surface area contributed by atoms with E-state index in [2.05, 4.69) is 239 Å². The highest BCUT2D eigenvalue weighted by Crippen LogP contribution is 2.47. The third-order valence-electron chi connectivity index (χ3n) is 12.9. The number of benzene rings is 7. The number of ether oxygens (including phenoxy) is 1. The lowest BCUT2D eigenvalue weighted by molar-refractivity contribution is 0.483. The molecule has 3 heterocycles. The molecule has 0 atom stereocenters. The van der Waals surface area contributed by atoms with Crippen LogP contribution in [0.2, 0.25) is 0 Å². The predicted octanol–water partition coefficient (Wildman–Crippen LogP) is 15.6. The average Bonchev–Trinajstić information content (AvgIpc) is 3.85. The van der Waals surface area contributed by atoms with Gasteiger partial charge in [-0.15, -0.1) is 0 Å². The van der Waals surface area contributed by atoms with Gasteiger partial charge >= 0.3 is 0 Å². The molecule has 0 saturated heterocycles. The number of anilines is 4. The third-order valence-corrected chi connectivity index (χ3v) is 12.9. The predicted molar refractivity (Wildman–Crippen MR) is 264 cm³/mol. The van der Waals surface area contributed by atoms with Crippen molar-refractivity contribution in [3.8, 4) is 28.4 Å². The molecule has 9 aromatic rings. The smallest absolute Gasteiger partial charge is 0.137 e. The molecule has 7 aromatic carbocycles. The molecule has 0 bridgehead atoms. The molecule has 0 amide bonds. The van der Waals surface area contributed by atoms with Gasteiger partial charge in [0.15, 0.2) is 0 Å². The molecule has 0 saturated carbocycles. The number of nitrogens with zero attached hydrogens (tertiary/aromatic N) is 4. The van der Waals surface area contributed by atoms with E-state index >= 15 is 0 Å². The van der Waals surface area contributed by atoms with Crippen molar-refractivity contribution < 1.29 is 4.74 Å². The number of aromatic nitrogens is 2. The van der Waals surface area contributed by atoms with Crippen molar-refractivity contribution >= 4 is 44.6 Å². The molecule has 0 spiro atoms. The lowest BCUT2D eigenvalue weighted by atomic mass is 9.78. The van der Waals surface area contributed by atoms with Crippen LogP contribution in [0.3, 0.4) is 0 Å². The summed E-state index contributed by atoms with van der Waals surface area (Å²) in [5, 5.41) is 2.32. The van der Waals surface area contributed by atoms with Crippen molar-refractivity contribution in [3.05, 3.63) is 204 Å². The Morgan fingerprint density at radius 1 is 0.524 bits per heavy atom. The third kappa shape index (κ3) is 7.31. The van der Waals surface area contributed by atoms with Gasteiger partial charge in [-0.25, -0.2) is 4.98 Å². The summed E-state index contributed by atoms with van der Waals surface area (Å²) in [4.78, 5) is 9.85. The highest BCUT2D eigenvalue weighted by atomic mass is 16.5. The van der Waals surface area contributed by atoms with Gasteiger partial charge < -0.3 is 14.5 Å². The largest absolute Gasteiger partial charge is 0.457 e. The molecule has 0 unspecified atom stereocenters. The van der Waals surface area contributed by atoms with Gasteiger partial charge in [-0.3, -0.25) is 4.57 Å². The van der Waals surface area contributed by atoms with E-state index in [4.69, 9.17) is 9.72 Å². The first-order valence-electron chi connectivity index (χ1n) is 22.2. The van der Waals surface area contributed by atoms with Crippen molar-refractivity contribution in [2.24, 2.45) is 0 Å². The fourth-order valence-electron chi connectivity index (χ4n) is 9.36. The average molecular weight is 823 g/mol. The van der Waals surface area contributed by atoms with Crippen molar-refractivity contribution in [2.45, 2.75) is 65.2 Å². The standard InChI is InChI=1S/C58H54N4O/c1-39(2)48-22-11-12-23-49(48)40-32-45(61-38-60(53-26-15-16-27-54(53)61)44-21-17-20-42(34-44)57(3,4)5)36-47(33-40)63-46-28-29-51-50-24-13-14-25-52(50)62(55(51)37-46)56-35-43(30-31-59-56)58(6,7)41-18-9-8-10-19-41/h8-37,39H,38H2,1-7H3. The van der Waals surface area contributed by atoms with Crippen LogP contribution in [0, 0.1) is 0 Å². The lowest BCUT2D eigenvalue weighted by Gasteiger charge is -2.26. The second-order valence-electron chi connectivity index (χ2n) is 18.8. The van der Waals surface area contributed by atoms with Gasteiger partial charge in [0.1, 0.15) is 24.0 Å². The van der Waals surface area contributed by atoms with E-state index in [-0.39, 0.29) is 10.8 Å². The van der Waals surface area contributed by atoms with Gasteiger partial charge in [-0.2, -0.15) is 0 Å². The Morgan fingerprint density at radius 2 is 1.21 bits per heavy atom. The number of hydrogen-bond donors (Lipinski definition) is 0. The minimum absolute atomic E-state index is 0.0382. The maximum Gasteiger partial charge on any atom is 0.137 e. The van der Waals surface area contributed by atoms with Crippen LogP contribution in [0.5, 0.6) is 11.5 Å². The number of pyridine rings is 1. The van der Waals surface area contributed by atoms with E-state index in [1.165, 1.54) is 44.6 Å². The summed E-state index contributed by atoms with van der Waals surface area (Å²) < 4.78 is 9.34. The number of hydrogen-bond acceptors (Lipinski definition) is 4. The number of para-hydroxylation sites is 3. The van der Waals surface area contributed by atoms with Gasteiger partial charge in [0, 0.05) is 45.9 Å². The molecule has 0 radical (unpaired) electrons. The molecule has 1 aliphatic rings. The highest BCUT2D eigenvalue weighted by molar-refractivity contribution is 6.09. The normalized spacial score (nSPS) is 13.0. The van der Waals surface area contributed by atoms with E-state index in [0.717, 1.165) is 50.7 Å². The van der Waals surface area contributed by atoms with Crippen LogP contribution in [0.25, 0.3) is 38.8 Å². The van der Waals surface area contributed by atoms with Gasteiger partial charge in [-0.1, -0.05) is 146 Å². The second kappa shape index (κ2) is 15.7. The topological polar surface area (TPSA) is 33.5 Å². The molecule has 10 rings (SSSR count). The molecular formula is C58H54N4O. The Balaban J connectivity index is 1.09. The zero-order chi connectivity index (χ0) is 43.5. The first-order chi connectivity index (χ1) is 30.4. The molecule has 2 aromatic heterocycles. The molecule has 63 heavy (non-hydrogen) atoms. The molecule has 5 nitrogen and oxygen atoms in total. The Morgan fingerprint density at radius 3 is 1.98 bits per heavy atom. The summed E-state index contributed by atoms with van der Waals surface area (Å²) in [6.07, 6.45) is 1.94. The van der Waals surface area contributed by atoms with Crippen LogP contribution in [-0.4, -0.2) is 16.2 Å². The minimum Gasteiger partial charge on any atom is -0.457 e. The highest BCUT2D eigenvalue weighted by Gasteiger charge is 2.30. The van der Waals surface area contributed by atoms with E-state index in [1.54, 1.807) is 0 Å². The van der Waals surface area contributed by atoms with Gasteiger partial charge in [0.25, 0.3) is 0 Å². The lowest BCUT2D eigenvalue weighted by Crippen LogP contribution is -2.24. The van der Waals surface area contributed by atoms with Crippen LogP contribution in [0.1, 0.15) is 76.6 Å². The summed E-state index contributed by atoms with van der Waals surface area (Å²) in [7, 11) is 0. The van der Waals surface area contributed by atoms with Gasteiger partial charge in [-0.05, 0) is 111 Å². The summed E-state index contributed by atoms with van der Waals surface area (Å²) in [5.74, 6) is 2.76. The van der Waals surface area contributed by atoms with E-state index < -0.39 is 0 Å². The first kappa shape index (κ1) is 40.0. The molecule has 5 heteroatoms. The van der Waals surface area contributed by atoms with Crippen LogP contribution < -0.4 is 14.5 Å². The Labute approximate surface area is 371 Å². The quantitative estimate of drug-likeness (QED) is 0.145. The summed E-state index contributed by atoms with van der Waals surface area (Å²) in [6, 6.07) is 63.4. The molecule has 0 aliphatic carbocycles. The Hall–Kier alpha value is -7.11. The minimum atomic E-state index is -0.216. The summed E-state index contributed by atoms with van der Waals surface area (Å²) >= 11 is 0. The number of rotatable bonds is 9. The van der Waals surface area contributed by atoms with Crippen molar-refractivity contribution in [1.29, 1.82) is 0 Å². The fourth-order valence-corrected chi connectivity index (χ4v) is 9.36. The monoisotopic (exact) mass is 822 g/mol. The zero-order valence-corrected chi connectivity index (χ0v) is 37.3. The molecular weight excluding hydrogens is 769 g/mol. The van der Waals surface area contributed by atoms with Crippen LogP contribution >= 0.6 is 0 Å². The Bertz CT molecular complexity index is 3140. The zero-order valence-electron chi connectivity index (χ0n) is 37.3. The van der Waals surface area contributed by atoms with Crippen LogP contribution in [0.4, 0.5) is 22.7 Å². The number of fused-ring (bicyclic) bond motifs is 4. The second-order valence-corrected chi connectivity index (χ2v) is 18.8. The maximum atomic E-state index is 7.05. The van der Waals surface area contributed by atoms with Crippen molar-refractivity contribution in [1.82, 2.24) is 9.55 Å². The van der Waals surface area contributed by atoms with E-state index in [1.807, 2.05) is 6.20 Å². The fraction of sp³-hybridized carbons (Fsp3) is 0.190. The molecule has 1 aliphatic heterocycles. The first-order valence-corrected chi connectivity index (χ1v) is 22.2. The SMILES string of the molecule is CC(C)c1ccccc1-c1cc(Oc2ccc3c4ccccc4n(-c4cc(C(C)(C)c5ccccc5)ccn4)c3c2)cc(N2CN(c3cccc(C(C)(C)C)c3)c3ccccc32)c1. The van der Waals surface area contributed by atoms with Crippen molar-refractivity contribution in [3.63, 3.8) is 0 Å².